The Labute approximate surface area is 137 Å². The molecule has 24 heavy (non-hydrogen) atoms. The van der Waals surface area contributed by atoms with E-state index in [0.717, 1.165) is 17.7 Å². The van der Waals surface area contributed by atoms with E-state index in [9.17, 15) is 18.0 Å². The number of alkyl halides is 3. The van der Waals surface area contributed by atoms with E-state index in [0.29, 0.717) is 28.9 Å². The van der Waals surface area contributed by atoms with Crippen molar-refractivity contribution in [1.82, 2.24) is 0 Å². The van der Waals surface area contributed by atoms with Crippen LogP contribution in [-0.4, -0.2) is 18.2 Å². The van der Waals surface area contributed by atoms with Crippen LogP contribution >= 0.6 is 0 Å². The van der Waals surface area contributed by atoms with E-state index in [2.05, 4.69) is 0 Å². The van der Waals surface area contributed by atoms with Gasteiger partial charge >= 0.3 is 12.1 Å². The van der Waals surface area contributed by atoms with E-state index >= 15 is 0 Å². The van der Waals surface area contributed by atoms with Crippen LogP contribution in [0.25, 0.3) is 11.1 Å². The van der Waals surface area contributed by atoms with E-state index in [1.54, 1.807) is 25.1 Å². The lowest BCUT2D eigenvalue weighted by atomic mass is 9.95. The summed E-state index contributed by atoms with van der Waals surface area (Å²) < 4.78 is 43.7. The minimum atomic E-state index is -4.39. The number of carboxylic acids is 1. The third kappa shape index (κ3) is 4.07. The standard InChI is InChI=1S/C18H17F3O3/c1-11-9-13(18(19,20)21)5-6-14(11)15-10-12(4-8-17(22)23)3-7-16(15)24-2/h3,5-7,9-10H,4,8H2,1-2H3,(H,22,23). The molecule has 0 atom stereocenters. The average molecular weight is 338 g/mol. The molecule has 0 saturated carbocycles. The summed E-state index contributed by atoms with van der Waals surface area (Å²) in [7, 11) is 1.48. The molecule has 0 spiro atoms. The molecule has 0 amide bonds. The van der Waals surface area contributed by atoms with Crippen molar-refractivity contribution in [3.05, 3.63) is 53.1 Å². The van der Waals surface area contributed by atoms with Crippen molar-refractivity contribution in [2.45, 2.75) is 25.9 Å². The van der Waals surface area contributed by atoms with Gasteiger partial charge < -0.3 is 9.84 Å². The zero-order valence-electron chi connectivity index (χ0n) is 13.3. The SMILES string of the molecule is COc1ccc(CCC(=O)O)cc1-c1ccc(C(F)(F)F)cc1C. The highest BCUT2D eigenvalue weighted by atomic mass is 19.4. The van der Waals surface area contributed by atoms with Crippen LogP contribution in [0.4, 0.5) is 13.2 Å². The first-order valence-electron chi connectivity index (χ1n) is 7.29. The highest BCUT2D eigenvalue weighted by Crippen LogP contribution is 2.37. The molecule has 0 unspecified atom stereocenters. The summed E-state index contributed by atoms with van der Waals surface area (Å²) in [6, 6.07) is 8.76. The number of benzene rings is 2. The number of rotatable bonds is 5. The van der Waals surface area contributed by atoms with Gasteiger partial charge in [-0.05, 0) is 54.3 Å². The normalized spacial score (nSPS) is 11.4. The van der Waals surface area contributed by atoms with Gasteiger partial charge in [0.15, 0.2) is 0 Å². The number of hydrogen-bond donors (Lipinski definition) is 1. The second-order valence-electron chi connectivity index (χ2n) is 5.46. The van der Waals surface area contributed by atoms with Crippen LogP contribution in [0.2, 0.25) is 0 Å². The lowest BCUT2D eigenvalue weighted by molar-refractivity contribution is -0.138. The molecular weight excluding hydrogens is 321 g/mol. The molecule has 2 aromatic carbocycles. The maximum absolute atomic E-state index is 12.8. The first-order valence-corrected chi connectivity index (χ1v) is 7.29. The van der Waals surface area contributed by atoms with Crippen molar-refractivity contribution < 1.29 is 27.8 Å². The summed E-state index contributed by atoms with van der Waals surface area (Å²) in [5, 5.41) is 8.78. The molecule has 0 aliphatic rings. The first-order chi connectivity index (χ1) is 11.2. The Bertz CT molecular complexity index is 752. The number of methoxy groups -OCH3 is 1. The molecule has 2 aromatic rings. The van der Waals surface area contributed by atoms with Gasteiger partial charge in [-0.2, -0.15) is 13.2 Å². The van der Waals surface area contributed by atoms with Crippen LogP contribution in [0.5, 0.6) is 5.75 Å². The van der Waals surface area contributed by atoms with Crippen molar-refractivity contribution in [1.29, 1.82) is 0 Å². The molecular formula is C18H17F3O3. The summed E-state index contributed by atoms with van der Waals surface area (Å²) in [6.45, 7) is 1.61. The number of halogens is 3. The van der Waals surface area contributed by atoms with Gasteiger partial charge in [0.25, 0.3) is 0 Å². The molecule has 0 radical (unpaired) electrons. The summed E-state index contributed by atoms with van der Waals surface area (Å²) in [5.41, 5.74) is 1.82. The molecule has 0 aliphatic heterocycles. The van der Waals surface area contributed by atoms with Gasteiger partial charge in [-0.25, -0.2) is 0 Å². The summed E-state index contributed by atoms with van der Waals surface area (Å²) in [4.78, 5) is 10.7. The van der Waals surface area contributed by atoms with Crippen molar-refractivity contribution >= 4 is 5.97 Å². The van der Waals surface area contributed by atoms with Gasteiger partial charge in [0.05, 0.1) is 12.7 Å². The van der Waals surface area contributed by atoms with Crippen molar-refractivity contribution in [3.8, 4) is 16.9 Å². The van der Waals surface area contributed by atoms with Gasteiger partial charge in [0.1, 0.15) is 5.75 Å². The summed E-state index contributed by atoms with van der Waals surface area (Å²) in [6.07, 6.45) is -4.07. The van der Waals surface area contributed by atoms with Crippen molar-refractivity contribution in [2.24, 2.45) is 0 Å². The molecule has 6 heteroatoms. The molecule has 0 bridgehead atoms. The summed E-state index contributed by atoms with van der Waals surface area (Å²) >= 11 is 0. The molecule has 1 N–H and O–H groups in total. The Morgan fingerprint density at radius 2 is 1.83 bits per heavy atom. The van der Waals surface area contributed by atoms with Gasteiger partial charge in [0, 0.05) is 12.0 Å². The van der Waals surface area contributed by atoms with Gasteiger partial charge in [-0.1, -0.05) is 12.1 Å². The van der Waals surface area contributed by atoms with Crippen LogP contribution in [0.1, 0.15) is 23.1 Å². The molecule has 3 nitrogen and oxygen atoms in total. The van der Waals surface area contributed by atoms with Gasteiger partial charge in [0.2, 0.25) is 0 Å². The number of aryl methyl sites for hydroxylation is 2. The number of carboxylic acid groups (broad SMARTS) is 1. The van der Waals surface area contributed by atoms with Crippen molar-refractivity contribution in [2.75, 3.05) is 7.11 Å². The topological polar surface area (TPSA) is 46.5 Å². The van der Waals surface area contributed by atoms with Crippen molar-refractivity contribution in [3.63, 3.8) is 0 Å². The number of ether oxygens (including phenoxy) is 1. The second kappa shape index (κ2) is 6.95. The van der Waals surface area contributed by atoms with Crippen LogP contribution < -0.4 is 4.74 Å². The highest BCUT2D eigenvalue weighted by molar-refractivity contribution is 5.74. The Morgan fingerprint density at radius 1 is 1.12 bits per heavy atom. The Hall–Kier alpha value is -2.50. The number of hydrogen-bond acceptors (Lipinski definition) is 2. The minimum Gasteiger partial charge on any atom is -0.496 e. The zero-order valence-corrected chi connectivity index (χ0v) is 13.3. The van der Waals surface area contributed by atoms with Crippen LogP contribution in [0.15, 0.2) is 36.4 Å². The minimum absolute atomic E-state index is 0.0161. The zero-order chi connectivity index (χ0) is 17.9. The first kappa shape index (κ1) is 17.8. The third-order valence-electron chi connectivity index (χ3n) is 3.74. The lowest BCUT2D eigenvalue weighted by Gasteiger charge is -2.15. The fourth-order valence-corrected chi connectivity index (χ4v) is 2.51. The Morgan fingerprint density at radius 3 is 2.38 bits per heavy atom. The maximum atomic E-state index is 12.8. The number of carbonyl (C=O) groups is 1. The van der Waals surface area contributed by atoms with E-state index in [1.165, 1.54) is 13.2 Å². The van der Waals surface area contributed by atoms with E-state index in [4.69, 9.17) is 9.84 Å². The van der Waals surface area contributed by atoms with Crippen LogP contribution in [-0.2, 0) is 17.4 Å². The molecule has 0 aliphatic carbocycles. The Balaban J connectivity index is 2.46. The molecule has 128 valence electrons. The Kier molecular flexibility index (Phi) is 5.17. The average Bonchev–Trinajstić information content (AvgIpc) is 2.51. The van der Waals surface area contributed by atoms with Crippen LogP contribution in [0, 0.1) is 6.92 Å². The summed E-state index contributed by atoms with van der Waals surface area (Å²) in [5.74, 6) is -0.380. The fourth-order valence-electron chi connectivity index (χ4n) is 2.51. The fraction of sp³-hybridized carbons (Fsp3) is 0.278. The molecule has 0 aromatic heterocycles. The maximum Gasteiger partial charge on any atom is 0.416 e. The van der Waals surface area contributed by atoms with Gasteiger partial charge in [-0.15, -0.1) is 0 Å². The number of aliphatic carboxylic acids is 1. The largest absolute Gasteiger partial charge is 0.496 e. The third-order valence-corrected chi connectivity index (χ3v) is 3.74. The lowest BCUT2D eigenvalue weighted by Crippen LogP contribution is -2.05. The quantitative estimate of drug-likeness (QED) is 0.859. The molecule has 0 saturated heterocycles. The molecule has 0 fully saturated rings. The molecule has 2 rings (SSSR count). The van der Waals surface area contributed by atoms with Crippen LogP contribution in [0.3, 0.4) is 0 Å². The predicted molar refractivity (Wildman–Crippen MR) is 84.1 cm³/mol. The smallest absolute Gasteiger partial charge is 0.416 e. The second-order valence-corrected chi connectivity index (χ2v) is 5.46. The molecule has 0 heterocycles. The van der Waals surface area contributed by atoms with E-state index in [1.807, 2.05) is 0 Å². The predicted octanol–water partition coefficient (Wildman–Crippen LogP) is 4.71. The monoisotopic (exact) mass is 338 g/mol. The van der Waals surface area contributed by atoms with E-state index in [-0.39, 0.29) is 6.42 Å². The van der Waals surface area contributed by atoms with E-state index < -0.39 is 17.7 Å². The van der Waals surface area contributed by atoms with Gasteiger partial charge in [-0.3, -0.25) is 4.79 Å². The highest BCUT2D eigenvalue weighted by Gasteiger charge is 2.30.